The maximum atomic E-state index is 13.0. The number of amides is 1. The van der Waals surface area contributed by atoms with Crippen molar-refractivity contribution in [3.8, 4) is 11.5 Å². The summed E-state index contributed by atoms with van der Waals surface area (Å²) in [5.41, 5.74) is 0.646. The molecule has 2 aromatic rings. The summed E-state index contributed by atoms with van der Waals surface area (Å²) in [6, 6.07) is 16.5. The molecule has 1 aliphatic heterocycles. The minimum Gasteiger partial charge on any atom is -0.497 e. The fourth-order valence-corrected chi connectivity index (χ4v) is 3.76. The van der Waals surface area contributed by atoms with Crippen molar-refractivity contribution in [3.63, 3.8) is 0 Å². The van der Waals surface area contributed by atoms with Gasteiger partial charge in [0.05, 0.1) is 26.4 Å². The van der Waals surface area contributed by atoms with Gasteiger partial charge in [-0.3, -0.25) is 9.69 Å². The average molecular weight is 459 g/mol. The number of carbonyl (C=O) groups is 1. The van der Waals surface area contributed by atoms with Gasteiger partial charge in [0.25, 0.3) is 5.91 Å². The molecule has 2 atom stereocenters. The van der Waals surface area contributed by atoms with Gasteiger partial charge in [0.15, 0.2) is 0 Å². The van der Waals surface area contributed by atoms with Crippen LogP contribution in [0.4, 0.5) is 0 Å². The monoisotopic (exact) mass is 458 g/mol. The molecule has 33 heavy (non-hydrogen) atoms. The number of hydrogen-bond donors (Lipinski definition) is 1. The minimum absolute atomic E-state index is 0.0405. The second-order valence-corrected chi connectivity index (χ2v) is 8.00. The smallest absolute Gasteiger partial charge is 0.254 e. The van der Waals surface area contributed by atoms with Crippen LogP contribution in [0.3, 0.4) is 0 Å². The summed E-state index contributed by atoms with van der Waals surface area (Å²) in [6.45, 7) is 3.98. The summed E-state index contributed by atoms with van der Waals surface area (Å²) in [5.74, 6) is 1.40. The maximum absolute atomic E-state index is 13.0. The van der Waals surface area contributed by atoms with Crippen LogP contribution in [0.5, 0.6) is 11.5 Å². The summed E-state index contributed by atoms with van der Waals surface area (Å²) in [7, 11) is 3.24. The van der Waals surface area contributed by atoms with Crippen molar-refractivity contribution in [1.29, 1.82) is 0 Å². The minimum atomic E-state index is -0.638. The molecule has 0 radical (unpaired) electrons. The zero-order valence-corrected chi connectivity index (χ0v) is 19.4. The van der Waals surface area contributed by atoms with Crippen molar-refractivity contribution in [2.24, 2.45) is 0 Å². The van der Waals surface area contributed by atoms with Gasteiger partial charge in [-0.2, -0.15) is 0 Å². The van der Waals surface area contributed by atoms with E-state index >= 15 is 0 Å². The highest BCUT2D eigenvalue weighted by Crippen LogP contribution is 2.17. The Morgan fingerprint density at radius 1 is 1.15 bits per heavy atom. The number of benzene rings is 2. The van der Waals surface area contributed by atoms with Crippen molar-refractivity contribution >= 4 is 5.91 Å². The molecule has 0 aromatic heterocycles. The molecule has 0 bridgehead atoms. The van der Waals surface area contributed by atoms with Crippen LogP contribution in [-0.4, -0.2) is 99.8 Å². The molecule has 0 saturated carbocycles. The molecular weight excluding hydrogens is 424 g/mol. The number of nitrogens with zero attached hydrogens (tertiary/aromatic N) is 2. The first kappa shape index (κ1) is 25.0. The van der Waals surface area contributed by atoms with E-state index in [2.05, 4.69) is 4.90 Å². The Hall–Kier alpha value is -2.65. The second-order valence-electron chi connectivity index (χ2n) is 8.00. The molecule has 8 heteroatoms. The number of ether oxygens (including phenoxy) is 4. The maximum Gasteiger partial charge on any atom is 0.254 e. The summed E-state index contributed by atoms with van der Waals surface area (Å²) in [5, 5.41) is 10.5. The van der Waals surface area contributed by atoms with Crippen LogP contribution < -0.4 is 9.47 Å². The van der Waals surface area contributed by atoms with E-state index in [1.807, 2.05) is 54.6 Å². The van der Waals surface area contributed by atoms with Crippen LogP contribution in [0.25, 0.3) is 0 Å². The number of morpholine rings is 1. The number of β-amino-alcohol motifs (C(OH)–C–C–N with tert-alkyl or cyclic N) is 1. The Morgan fingerprint density at radius 2 is 1.88 bits per heavy atom. The molecule has 2 aromatic carbocycles. The fourth-order valence-electron chi connectivity index (χ4n) is 3.76. The number of rotatable bonds is 12. The Balaban J connectivity index is 1.49. The van der Waals surface area contributed by atoms with Crippen molar-refractivity contribution in [2.75, 3.05) is 66.8 Å². The molecule has 1 saturated heterocycles. The van der Waals surface area contributed by atoms with Gasteiger partial charge >= 0.3 is 0 Å². The van der Waals surface area contributed by atoms with Crippen molar-refractivity contribution in [1.82, 2.24) is 9.80 Å². The Bertz CT molecular complexity index is 833. The van der Waals surface area contributed by atoms with E-state index in [4.69, 9.17) is 18.9 Å². The first-order valence-corrected chi connectivity index (χ1v) is 11.2. The topological polar surface area (TPSA) is 80.7 Å². The molecule has 0 unspecified atom stereocenters. The molecule has 1 amide bonds. The zero-order valence-electron chi connectivity index (χ0n) is 19.4. The predicted molar refractivity (Wildman–Crippen MR) is 125 cm³/mol. The van der Waals surface area contributed by atoms with Gasteiger partial charge in [0.1, 0.15) is 24.2 Å². The van der Waals surface area contributed by atoms with Gasteiger partial charge in [-0.1, -0.05) is 18.2 Å². The summed E-state index contributed by atoms with van der Waals surface area (Å²) in [6.07, 6.45) is -0.778. The van der Waals surface area contributed by atoms with E-state index in [1.54, 1.807) is 19.1 Å². The van der Waals surface area contributed by atoms with Crippen LogP contribution in [0.1, 0.15) is 10.4 Å². The number of hydrogen-bond acceptors (Lipinski definition) is 7. The molecular formula is C25H34N2O6. The van der Waals surface area contributed by atoms with Crippen molar-refractivity contribution in [3.05, 3.63) is 60.2 Å². The SMILES string of the molecule is COCCN(C[C@H]1CN(C[C@@H](O)COc2ccc(OC)cc2)CCO1)C(=O)c1ccccc1. The normalized spacial score (nSPS) is 17.4. The summed E-state index contributed by atoms with van der Waals surface area (Å²) >= 11 is 0. The highest BCUT2D eigenvalue weighted by Gasteiger charge is 2.26. The third kappa shape index (κ3) is 8.01. The molecule has 1 aliphatic rings. The van der Waals surface area contributed by atoms with Gasteiger partial charge in [-0.05, 0) is 36.4 Å². The van der Waals surface area contributed by atoms with Crippen LogP contribution in [0.15, 0.2) is 54.6 Å². The van der Waals surface area contributed by atoms with E-state index in [-0.39, 0.29) is 18.6 Å². The second kappa shape index (κ2) is 13.2. The highest BCUT2D eigenvalue weighted by molar-refractivity contribution is 5.94. The van der Waals surface area contributed by atoms with Crippen LogP contribution >= 0.6 is 0 Å². The molecule has 1 N–H and O–H groups in total. The Kier molecular flexibility index (Phi) is 9.96. The Labute approximate surface area is 195 Å². The van der Waals surface area contributed by atoms with Gasteiger partial charge in [0, 0.05) is 45.4 Å². The molecule has 1 heterocycles. The summed E-state index contributed by atoms with van der Waals surface area (Å²) < 4.78 is 22.0. The van der Waals surface area contributed by atoms with Crippen molar-refractivity contribution < 1.29 is 28.8 Å². The van der Waals surface area contributed by atoms with E-state index < -0.39 is 6.10 Å². The van der Waals surface area contributed by atoms with Gasteiger partial charge in [-0.15, -0.1) is 0 Å². The highest BCUT2D eigenvalue weighted by atomic mass is 16.5. The zero-order chi connectivity index (χ0) is 23.5. The standard InChI is InChI=1S/C25H34N2O6/c1-30-14-13-27(25(29)20-6-4-3-5-7-20)18-24-17-26(12-15-32-24)16-21(28)19-33-23-10-8-22(31-2)9-11-23/h3-11,21,24,28H,12-19H2,1-2H3/t21-,24-/m1/s1. The molecule has 180 valence electrons. The average Bonchev–Trinajstić information content (AvgIpc) is 2.86. The van der Waals surface area contributed by atoms with Gasteiger partial charge in [-0.25, -0.2) is 0 Å². The van der Waals surface area contributed by atoms with E-state index in [0.29, 0.717) is 50.7 Å². The molecule has 3 rings (SSSR count). The summed E-state index contributed by atoms with van der Waals surface area (Å²) in [4.78, 5) is 16.9. The molecule has 1 fully saturated rings. The van der Waals surface area contributed by atoms with E-state index in [9.17, 15) is 9.90 Å². The van der Waals surface area contributed by atoms with Gasteiger partial charge in [0.2, 0.25) is 0 Å². The van der Waals surface area contributed by atoms with E-state index in [0.717, 1.165) is 12.3 Å². The lowest BCUT2D eigenvalue weighted by molar-refractivity contribution is -0.0546. The quantitative estimate of drug-likeness (QED) is 0.521. The first-order valence-electron chi connectivity index (χ1n) is 11.2. The third-order valence-corrected chi connectivity index (χ3v) is 5.49. The van der Waals surface area contributed by atoms with Crippen molar-refractivity contribution in [2.45, 2.75) is 12.2 Å². The van der Waals surface area contributed by atoms with Crippen LogP contribution in [0.2, 0.25) is 0 Å². The third-order valence-electron chi connectivity index (χ3n) is 5.49. The number of methoxy groups -OCH3 is 2. The predicted octanol–water partition coefficient (Wildman–Crippen LogP) is 1.92. The molecule has 0 spiro atoms. The van der Waals surface area contributed by atoms with E-state index in [1.165, 1.54) is 0 Å². The lowest BCUT2D eigenvalue weighted by atomic mass is 10.1. The lowest BCUT2D eigenvalue weighted by Crippen LogP contribution is -2.51. The lowest BCUT2D eigenvalue weighted by Gasteiger charge is -2.36. The molecule has 0 aliphatic carbocycles. The fraction of sp³-hybridized carbons (Fsp3) is 0.480. The van der Waals surface area contributed by atoms with Gasteiger partial charge < -0.3 is 29.0 Å². The van der Waals surface area contributed by atoms with Crippen LogP contribution in [0, 0.1) is 0 Å². The number of aliphatic hydroxyl groups excluding tert-OH is 1. The largest absolute Gasteiger partial charge is 0.497 e. The number of aliphatic hydroxyl groups is 1. The first-order chi connectivity index (χ1) is 16.1. The van der Waals surface area contributed by atoms with Crippen LogP contribution in [-0.2, 0) is 9.47 Å². The number of carbonyl (C=O) groups excluding carboxylic acids is 1. The molecule has 8 nitrogen and oxygen atoms in total. The Morgan fingerprint density at radius 3 is 2.58 bits per heavy atom.